The van der Waals surface area contributed by atoms with E-state index in [1.54, 1.807) is 0 Å². The van der Waals surface area contributed by atoms with E-state index in [2.05, 4.69) is 0 Å². The first-order valence-electron chi connectivity index (χ1n) is 5.27. The average molecular weight is 233 g/mol. The zero-order valence-corrected chi connectivity index (χ0v) is 9.61. The summed E-state index contributed by atoms with van der Waals surface area (Å²) in [5.41, 5.74) is 1.09. The van der Waals surface area contributed by atoms with Crippen molar-refractivity contribution in [1.82, 2.24) is 0 Å². The molecule has 0 aliphatic carbocycles. The van der Waals surface area contributed by atoms with Gasteiger partial charge in [0.2, 0.25) is 0 Å². The summed E-state index contributed by atoms with van der Waals surface area (Å²) in [4.78, 5) is 0. The van der Waals surface area contributed by atoms with Gasteiger partial charge in [0.1, 0.15) is 0 Å². The van der Waals surface area contributed by atoms with Crippen molar-refractivity contribution in [3.05, 3.63) is 53.1 Å². The summed E-state index contributed by atoms with van der Waals surface area (Å²) >= 11 is 6.19. The van der Waals surface area contributed by atoms with Gasteiger partial charge in [-0.25, -0.2) is 0 Å². The van der Waals surface area contributed by atoms with Crippen LogP contribution in [0.2, 0.25) is 5.02 Å². The third kappa shape index (κ3) is 2.26. The van der Waals surface area contributed by atoms with Crippen LogP contribution in [0.25, 0.3) is 16.8 Å². The van der Waals surface area contributed by atoms with E-state index in [-0.39, 0.29) is 6.61 Å². The number of rotatable bonds is 3. The van der Waals surface area contributed by atoms with Crippen LogP contribution >= 0.6 is 11.6 Å². The highest BCUT2D eigenvalue weighted by atomic mass is 35.5. The Morgan fingerprint density at radius 3 is 2.62 bits per heavy atom. The van der Waals surface area contributed by atoms with Crippen molar-refractivity contribution in [3.8, 4) is 0 Å². The molecule has 0 bridgehead atoms. The molecular formula is C14H13ClO. The molecule has 0 atom stereocenters. The van der Waals surface area contributed by atoms with E-state index in [0.29, 0.717) is 6.42 Å². The molecule has 0 saturated heterocycles. The van der Waals surface area contributed by atoms with Crippen molar-refractivity contribution in [2.45, 2.75) is 6.42 Å². The minimum absolute atomic E-state index is 0.176. The van der Waals surface area contributed by atoms with E-state index in [4.69, 9.17) is 16.7 Å². The lowest BCUT2D eigenvalue weighted by Gasteiger charge is -2.04. The molecule has 0 radical (unpaired) electrons. The first kappa shape index (κ1) is 11.2. The molecule has 0 heterocycles. The minimum Gasteiger partial charge on any atom is -0.396 e. The van der Waals surface area contributed by atoms with E-state index in [9.17, 15) is 0 Å². The SMILES string of the molecule is OCCC=Cc1cccc2cccc(Cl)c12. The van der Waals surface area contributed by atoms with Crippen molar-refractivity contribution in [2.24, 2.45) is 0 Å². The molecule has 2 heteroatoms. The van der Waals surface area contributed by atoms with Crippen LogP contribution in [0.4, 0.5) is 0 Å². The van der Waals surface area contributed by atoms with Crippen LogP contribution < -0.4 is 0 Å². The molecule has 0 aliphatic heterocycles. The number of aliphatic hydroxyl groups is 1. The Bertz CT molecular complexity index is 512. The van der Waals surface area contributed by atoms with Gasteiger partial charge in [0.25, 0.3) is 0 Å². The molecule has 0 saturated carbocycles. The summed E-state index contributed by atoms with van der Waals surface area (Å²) in [6, 6.07) is 12.0. The van der Waals surface area contributed by atoms with Crippen molar-refractivity contribution < 1.29 is 5.11 Å². The Kier molecular flexibility index (Phi) is 3.60. The zero-order chi connectivity index (χ0) is 11.4. The van der Waals surface area contributed by atoms with Crippen molar-refractivity contribution in [2.75, 3.05) is 6.61 Å². The number of benzene rings is 2. The summed E-state index contributed by atoms with van der Waals surface area (Å²) in [6.07, 6.45) is 4.63. The van der Waals surface area contributed by atoms with Crippen LogP contribution in [0.15, 0.2) is 42.5 Å². The summed E-state index contributed by atoms with van der Waals surface area (Å²) in [6.45, 7) is 0.176. The Morgan fingerprint density at radius 1 is 1.12 bits per heavy atom. The fourth-order valence-electron chi connectivity index (χ4n) is 1.75. The van der Waals surface area contributed by atoms with Crippen molar-refractivity contribution in [3.63, 3.8) is 0 Å². The zero-order valence-electron chi connectivity index (χ0n) is 8.86. The number of halogens is 1. The van der Waals surface area contributed by atoms with E-state index in [1.807, 2.05) is 48.6 Å². The van der Waals surface area contributed by atoms with Gasteiger partial charge in [0, 0.05) is 17.0 Å². The summed E-state index contributed by atoms with van der Waals surface area (Å²) < 4.78 is 0. The maximum atomic E-state index is 8.73. The number of fused-ring (bicyclic) bond motifs is 1. The molecule has 16 heavy (non-hydrogen) atoms. The second-order valence-electron chi connectivity index (χ2n) is 3.60. The Balaban J connectivity index is 2.52. The van der Waals surface area contributed by atoms with Crippen LogP contribution in [0.1, 0.15) is 12.0 Å². The van der Waals surface area contributed by atoms with Gasteiger partial charge in [-0.05, 0) is 23.4 Å². The highest BCUT2D eigenvalue weighted by molar-refractivity contribution is 6.36. The molecule has 1 nitrogen and oxygen atoms in total. The van der Waals surface area contributed by atoms with Gasteiger partial charge in [0.05, 0.1) is 0 Å². The Morgan fingerprint density at radius 2 is 1.88 bits per heavy atom. The van der Waals surface area contributed by atoms with Gasteiger partial charge < -0.3 is 5.11 Å². The molecule has 2 rings (SSSR count). The Hall–Kier alpha value is -1.31. The second kappa shape index (κ2) is 5.15. The largest absolute Gasteiger partial charge is 0.396 e. The molecule has 1 N–H and O–H groups in total. The van der Waals surface area contributed by atoms with Crippen LogP contribution in [0.5, 0.6) is 0 Å². The lowest BCUT2D eigenvalue weighted by atomic mass is 10.0. The van der Waals surface area contributed by atoms with E-state index in [0.717, 1.165) is 21.4 Å². The van der Waals surface area contributed by atoms with Gasteiger partial charge in [-0.2, -0.15) is 0 Å². The first-order valence-corrected chi connectivity index (χ1v) is 5.65. The quantitative estimate of drug-likeness (QED) is 0.851. The first-order chi connectivity index (χ1) is 7.83. The molecule has 0 aliphatic rings. The smallest absolute Gasteiger partial charge is 0.0490 e. The molecule has 82 valence electrons. The highest BCUT2D eigenvalue weighted by Gasteiger charge is 2.01. The lowest BCUT2D eigenvalue weighted by Crippen LogP contribution is -1.80. The molecule has 0 spiro atoms. The summed E-state index contributed by atoms with van der Waals surface area (Å²) in [5.74, 6) is 0. The standard InChI is InChI=1S/C14H13ClO/c15-13-9-4-8-12-7-3-6-11(14(12)13)5-1-2-10-16/h1,3-9,16H,2,10H2. The number of hydrogen-bond acceptors (Lipinski definition) is 1. The molecule has 0 unspecified atom stereocenters. The number of hydrogen-bond donors (Lipinski definition) is 1. The van der Waals surface area contributed by atoms with Crippen LogP contribution in [0, 0.1) is 0 Å². The molecule has 2 aromatic carbocycles. The van der Waals surface area contributed by atoms with Gasteiger partial charge in [0.15, 0.2) is 0 Å². The van der Waals surface area contributed by atoms with Crippen molar-refractivity contribution in [1.29, 1.82) is 0 Å². The monoisotopic (exact) mass is 232 g/mol. The fourth-order valence-corrected chi connectivity index (χ4v) is 2.04. The van der Waals surface area contributed by atoms with Gasteiger partial charge in [-0.1, -0.05) is 54.1 Å². The van der Waals surface area contributed by atoms with Crippen molar-refractivity contribution >= 4 is 28.4 Å². The Labute approximate surface area is 100.0 Å². The maximum Gasteiger partial charge on any atom is 0.0490 e. The van der Waals surface area contributed by atoms with Gasteiger partial charge >= 0.3 is 0 Å². The van der Waals surface area contributed by atoms with E-state index >= 15 is 0 Å². The topological polar surface area (TPSA) is 20.2 Å². The fraction of sp³-hybridized carbons (Fsp3) is 0.143. The third-order valence-corrected chi connectivity index (χ3v) is 2.79. The normalized spacial score (nSPS) is 11.4. The summed E-state index contributed by atoms with van der Waals surface area (Å²) in [7, 11) is 0. The molecule has 0 aromatic heterocycles. The van der Waals surface area contributed by atoms with Crippen LogP contribution in [-0.2, 0) is 0 Å². The third-order valence-electron chi connectivity index (χ3n) is 2.48. The van der Waals surface area contributed by atoms with Crippen LogP contribution in [0.3, 0.4) is 0 Å². The van der Waals surface area contributed by atoms with Crippen LogP contribution in [-0.4, -0.2) is 11.7 Å². The van der Waals surface area contributed by atoms with E-state index < -0.39 is 0 Å². The predicted octanol–water partition coefficient (Wildman–Crippen LogP) is 3.89. The maximum absolute atomic E-state index is 8.73. The number of aliphatic hydroxyl groups excluding tert-OH is 1. The predicted molar refractivity (Wildman–Crippen MR) is 69.7 cm³/mol. The molecule has 0 fully saturated rings. The summed E-state index contributed by atoms with van der Waals surface area (Å²) in [5, 5.41) is 11.7. The second-order valence-corrected chi connectivity index (χ2v) is 4.01. The minimum atomic E-state index is 0.176. The lowest BCUT2D eigenvalue weighted by molar-refractivity contribution is 0.303. The van der Waals surface area contributed by atoms with E-state index in [1.165, 1.54) is 0 Å². The molecule has 2 aromatic rings. The highest BCUT2D eigenvalue weighted by Crippen LogP contribution is 2.27. The molecule has 0 amide bonds. The van der Waals surface area contributed by atoms with Gasteiger partial charge in [-0.15, -0.1) is 0 Å². The molecular weight excluding hydrogens is 220 g/mol. The van der Waals surface area contributed by atoms with Gasteiger partial charge in [-0.3, -0.25) is 0 Å². The average Bonchev–Trinajstić information content (AvgIpc) is 2.30.